The van der Waals surface area contributed by atoms with E-state index in [4.69, 9.17) is 0 Å². The number of carbonyl (C=O) groups is 2. The molecule has 0 bridgehead atoms. The SMILES string of the molecule is COC(=O)c1ccc(CCC(=O)N2CCC[C@H](C(F)(F)F)C2)cc1. The fourth-order valence-corrected chi connectivity index (χ4v) is 2.81. The van der Waals surface area contributed by atoms with Crippen LogP contribution in [-0.4, -0.2) is 43.2 Å². The number of amides is 1. The summed E-state index contributed by atoms with van der Waals surface area (Å²) in [5.41, 5.74) is 1.26. The van der Waals surface area contributed by atoms with E-state index in [1.165, 1.54) is 12.0 Å². The van der Waals surface area contributed by atoms with E-state index in [2.05, 4.69) is 4.74 Å². The van der Waals surface area contributed by atoms with Gasteiger partial charge in [-0.2, -0.15) is 13.2 Å². The van der Waals surface area contributed by atoms with E-state index in [0.717, 1.165) is 5.56 Å². The van der Waals surface area contributed by atoms with Crippen molar-refractivity contribution in [3.05, 3.63) is 35.4 Å². The zero-order valence-electron chi connectivity index (χ0n) is 13.4. The highest BCUT2D eigenvalue weighted by Gasteiger charge is 2.42. The van der Waals surface area contributed by atoms with Crippen LogP contribution in [0.25, 0.3) is 0 Å². The normalized spacial score (nSPS) is 18.3. The van der Waals surface area contributed by atoms with Gasteiger partial charge in [0.15, 0.2) is 0 Å². The lowest BCUT2D eigenvalue weighted by Gasteiger charge is -2.33. The minimum Gasteiger partial charge on any atom is -0.465 e. The Kier molecular flexibility index (Phi) is 5.85. The van der Waals surface area contributed by atoms with Crippen molar-refractivity contribution < 1.29 is 27.5 Å². The van der Waals surface area contributed by atoms with E-state index in [9.17, 15) is 22.8 Å². The second kappa shape index (κ2) is 7.68. The molecule has 132 valence electrons. The third-order valence-electron chi connectivity index (χ3n) is 4.24. The van der Waals surface area contributed by atoms with E-state index >= 15 is 0 Å². The molecule has 1 aliphatic heterocycles. The molecule has 1 amide bonds. The van der Waals surface area contributed by atoms with E-state index in [-0.39, 0.29) is 25.3 Å². The minimum atomic E-state index is -4.25. The predicted molar refractivity (Wildman–Crippen MR) is 81.5 cm³/mol. The maximum absolute atomic E-state index is 12.8. The van der Waals surface area contributed by atoms with Gasteiger partial charge in [-0.15, -0.1) is 0 Å². The number of aryl methyl sites for hydroxylation is 1. The zero-order valence-corrected chi connectivity index (χ0v) is 13.4. The van der Waals surface area contributed by atoms with Crippen molar-refractivity contribution in [3.63, 3.8) is 0 Å². The van der Waals surface area contributed by atoms with E-state index < -0.39 is 18.1 Å². The first-order valence-corrected chi connectivity index (χ1v) is 7.83. The average molecular weight is 343 g/mol. The number of esters is 1. The zero-order chi connectivity index (χ0) is 17.7. The van der Waals surface area contributed by atoms with Crippen molar-refractivity contribution in [1.82, 2.24) is 4.90 Å². The fraction of sp³-hybridized carbons (Fsp3) is 0.529. The summed E-state index contributed by atoms with van der Waals surface area (Å²) >= 11 is 0. The van der Waals surface area contributed by atoms with Crippen LogP contribution in [-0.2, 0) is 16.0 Å². The molecule has 1 aromatic carbocycles. The first-order valence-electron chi connectivity index (χ1n) is 7.83. The molecule has 1 aromatic rings. The van der Waals surface area contributed by atoms with Gasteiger partial charge in [-0.1, -0.05) is 12.1 Å². The van der Waals surface area contributed by atoms with Crippen molar-refractivity contribution in [2.45, 2.75) is 31.9 Å². The van der Waals surface area contributed by atoms with Gasteiger partial charge in [0.25, 0.3) is 0 Å². The highest BCUT2D eigenvalue weighted by molar-refractivity contribution is 5.89. The van der Waals surface area contributed by atoms with Crippen molar-refractivity contribution in [2.24, 2.45) is 5.92 Å². The summed E-state index contributed by atoms with van der Waals surface area (Å²) in [5, 5.41) is 0. The Morgan fingerprint density at radius 2 is 1.92 bits per heavy atom. The molecule has 0 aromatic heterocycles. The van der Waals surface area contributed by atoms with Gasteiger partial charge in [0.1, 0.15) is 0 Å². The number of nitrogens with zero attached hydrogens (tertiary/aromatic N) is 1. The number of hydrogen-bond acceptors (Lipinski definition) is 3. The summed E-state index contributed by atoms with van der Waals surface area (Å²) in [6, 6.07) is 6.64. The average Bonchev–Trinajstić information content (AvgIpc) is 2.58. The predicted octanol–water partition coefficient (Wildman–Crippen LogP) is 3.21. The molecule has 24 heavy (non-hydrogen) atoms. The number of rotatable bonds is 4. The highest BCUT2D eigenvalue weighted by atomic mass is 19.4. The number of halogens is 3. The van der Waals surface area contributed by atoms with Gasteiger partial charge in [-0.25, -0.2) is 4.79 Å². The Morgan fingerprint density at radius 3 is 2.50 bits per heavy atom. The molecular weight excluding hydrogens is 323 g/mol. The second-order valence-corrected chi connectivity index (χ2v) is 5.91. The van der Waals surface area contributed by atoms with Crippen molar-refractivity contribution >= 4 is 11.9 Å². The lowest BCUT2D eigenvalue weighted by molar-refractivity contribution is -0.188. The smallest absolute Gasteiger partial charge is 0.393 e. The Labute approximate surface area is 138 Å². The third-order valence-corrected chi connectivity index (χ3v) is 4.24. The summed E-state index contributed by atoms with van der Waals surface area (Å²) < 4.78 is 43.0. The first kappa shape index (κ1) is 18.3. The Balaban J connectivity index is 1.87. The van der Waals surface area contributed by atoms with E-state index in [0.29, 0.717) is 24.9 Å². The van der Waals surface area contributed by atoms with Crippen LogP contribution >= 0.6 is 0 Å². The summed E-state index contributed by atoms with van der Waals surface area (Å²) in [6.07, 6.45) is -3.20. The molecule has 1 atom stereocenters. The lowest BCUT2D eigenvalue weighted by Crippen LogP contribution is -2.44. The quantitative estimate of drug-likeness (QED) is 0.789. The molecule has 0 saturated carbocycles. The number of likely N-dealkylation sites (tertiary alicyclic amines) is 1. The molecule has 1 saturated heterocycles. The number of piperidine rings is 1. The summed E-state index contributed by atoms with van der Waals surface area (Å²) in [6.45, 7) is 0.135. The Bertz CT molecular complexity index is 584. The largest absolute Gasteiger partial charge is 0.465 e. The van der Waals surface area contributed by atoms with Gasteiger partial charge in [-0.05, 0) is 37.0 Å². The second-order valence-electron chi connectivity index (χ2n) is 5.91. The molecule has 0 spiro atoms. The summed E-state index contributed by atoms with van der Waals surface area (Å²) in [7, 11) is 1.29. The number of hydrogen-bond donors (Lipinski definition) is 0. The molecule has 7 heteroatoms. The molecule has 1 aliphatic rings. The molecule has 0 unspecified atom stereocenters. The molecule has 1 heterocycles. The molecule has 0 N–H and O–H groups in total. The molecule has 0 aliphatic carbocycles. The van der Waals surface area contributed by atoms with Crippen molar-refractivity contribution in [3.8, 4) is 0 Å². The van der Waals surface area contributed by atoms with Crippen LogP contribution in [0.15, 0.2) is 24.3 Å². The van der Waals surface area contributed by atoms with E-state index in [1.54, 1.807) is 24.3 Å². The summed E-state index contributed by atoms with van der Waals surface area (Å²) in [5.74, 6) is -2.13. The molecule has 1 fully saturated rings. The maximum atomic E-state index is 12.8. The summed E-state index contributed by atoms with van der Waals surface area (Å²) in [4.78, 5) is 24.8. The topological polar surface area (TPSA) is 46.6 Å². The van der Waals surface area contributed by atoms with Crippen LogP contribution in [0.1, 0.15) is 35.2 Å². The van der Waals surface area contributed by atoms with Crippen LogP contribution in [0.4, 0.5) is 13.2 Å². The monoisotopic (exact) mass is 343 g/mol. The van der Waals surface area contributed by atoms with Gasteiger partial charge in [0.05, 0.1) is 18.6 Å². The maximum Gasteiger partial charge on any atom is 0.393 e. The van der Waals surface area contributed by atoms with Gasteiger partial charge >= 0.3 is 12.1 Å². The van der Waals surface area contributed by atoms with Crippen LogP contribution in [0.2, 0.25) is 0 Å². The van der Waals surface area contributed by atoms with Crippen molar-refractivity contribution in [1.29, 1.82) is 0 Å². The number of alkyl halides is 3. The Morgan fingerprint density at radius 1 is 1.25 bits per heavy atom. The molecule has 4 nitrogen and oxygen atoms in total. The molecule has 0 radical (unpaired) electrons. The van der Waals surface area contributed by atoms with Gasteiger partial charge in [0.2, 0.25) is 5.91 Å². The van der Waals surface area contributed by atoms with Crippen LogP contribution in [0.3, 0.4) is 0 Å². The number of carbonyl (C=O) groups excluding carboxylic acids is 2. The van der Waals surface area contributed by atoms with E-state index in [1.807, 2.05) is 0 Å². The van der Waals surface area contributed by atoms with Gasteiger partial charge in [0, 0.05) is 19.5 Å². The Hall–Kier alpha value is -2.05. The molecule has 2 rings (SSSR count). The van der Waals surface area contributed by atoms with Crippen LogP contribution < -0.4 is 0 Å². The van der Waals surface area contributed by atoms with Crippen LogP contribution in [0, 0.1) is 5.92 Å². The number of ether oxygens (including phenoxy) is 1. The van der Waals surface area contributed by atoms with Gasteiger partial charge in [-0.3, -0.25) is 4.79 Å². The number of methoxy groups -OCH3 is 1. The third kappa shape index (κ3) is 4.72. The van der Waals surface area contributed by atoms with Crippen LogP contribution in [0.5, 0.6) is 0 Å². The lowest BCUT2D eigenvalue weighted by atomic mass is 9.97. The first-order chi connectivity index (χ1) is 11.3. The fourth-order valence-electron chi connectivity index (χ4n) is 2.81. The minimum absolute atomic E-state index is 0.0856. The van der Waals surface area contributed by atoms with Crippen molar-refractivity contribution in [2.75, 3.05) is 20.2 Å². The molecular formula is C17H20F3NO3. The van der Waals surface area contributed by atoms with Gasteiger partial charge < -0.3 is 9.64 Å². The standard InChI is InChI=1S/C17H20F3NO3/c1-24-16(23)13-7-4-12(5-8-13)6-9-15(22)21-10-2-3-14(11-21)17(18,19)20/h4-5,7-8,14H,2-3,6,9-11H2,1H3/t14-/m0/s1. The number of benzene rings is 1. The highest BCUT2D eigenvalue weighted by Crippen LogP contribution is 2.33.